The summed E-state index contributed by atoms with van der Waals surface area (Å²) in [5.74, 6) is -6.34. The number of Topliss-reactive ketones (excluding diaryl/α,β-unsaturated/α-hetero) is 2. The molecule has 0 aromatic heterocycles. The molecule has 4 aliphatic rings. The minimum Gasteiger partial charge on any atom is -0.510 e. The number of carbonyl (C=O) groups excluding carboxylic acids is 3. The van der Waals surface area contributed by atoms with Crippen LogP contribution in [0.15, 0.2) is 28.7 Å². The number of likely N-dealkylation sites (tertiary alicyclic amines) is 1. The standard InChI is InChI=1S/C30H38ClN3O7/c1-12(2)11-34-13(3)6-7-18(34)15-10-19(35)21-16(23(15)31)8-14-9-17-24(33(4)5)26(37)22(29(32)40)28(39)30(17,41)27(38)20(14)25(21)36/h10,12-14,17-18,24,35,37-38,41H,6-9,11H2,1-5H3,(H2,32,40)/t13?,14-,17-,18?,24-,30-/m0/s1. The Labute approximate surface area is 244 Å². The van der Waals surface area contributed by atoms with Crippen LogP contribution in [0.3, 0.4) is 0 Å². The molecule has 2 unspecified atom stereocenters. The number of nitrogens with two attached hydrogens (primary N) is 1. The van der Waals surface area contributed by atoms with Crippen molar-refractivity contribution < 1.29 is 34.8 Å². The molecule has 6 N–H and O–H groups in total. The Morgan fingerprint density at radius 2 is 1.88 bits per heavy atom. The highest BCUT2D eigenvalue weighted by Crippen LogP contribution is 2.54. The van der Waals surface area contributed by atoms with Crippen LogP contribution in [-0.2, 0) is 16.0 Å². The number of likely N-dealkylation sites (N-methyl/N-ethyl adjacent to an activating group) is 1. The van der Waals surface area contributed by atoms with Crippen molar-refractivity contribution in [3.05, 3.63) is 50.4 Å². The van der Waals surface area contributed by atoms with Gasteiger partial charge in [-0.2, -0.15) is 0 Å². The van der Waals surface area contributed by atoms with Gasteiger partial charge in [-0.1, -0.05) is 25.4 Å². The highest BCUT2D eigenvalue weighted by Gasteiger charge is 2.63. The predicted molar refractivity (Wildman–Crippen MR) is 152 cm³/mol. The van der Waals surface area contributed by atoms with Crippen LogP contribution in [0, 0.1) is 17.8 Å². The molecular formula is C30H38ClN3O7. The maximum atomic E-state index is 13.9. The van der Waals surface area contributed by atoms with E-state index in [-0.39, 0.29) is 35.8 Å². The highest BCUT2D eigenvalue weighted by atomic mass is 35.5. The highest BCUT2D eigenvalue weighted by molar-refractivity contribution is 6.33. The van der Waals surface area contributed by atoms with E-state index < -0.39 is 58.0 Å². The van der Waals surface area contributed by atoms with Crippen molar-refractivity contribution in [3.63, 3.8) is 0 Å². The molecule has 41 heavy (non-hydrogen) atoms. The molecule has 6 atom stereocenters. The quantitative estimate of drug-likeness (QED) is 0.326. The van der Waals surface area contributed by atoms with Crippen LogP contribution in [0.25, 0.3) is 0 Å². The smallest absolute Gasteiger partial charge is 0.255 e. The molecular weight excluding hydrogens is 550 g/mol. The average molecular weight is 588 g/mol. The maximum absolute atomic E-state index is 13.9. The lowest BCUT2D eigenvalue weighted by molar-refractivity contribution is -0.148. The third-order valence-corrected chi connectivity index (χ3v) is 9.89. The van der Waals surface area contributed by atoms with Gasteiger partial charge in [0, 0.05) is 35.1 Å². The number of rotatable bonds is 5. The lowest BCUT2D eigenvalue weighted by atomic mass is 9.58. The molecule has 1 aromatic carbocycles. The first kappa shape index (κ1) is 29.6. The Morgan fingerprint density at radius 1 is 1.22 bits per heavy atom. The number of hydrogen-bond acceptors (Lipinski definition) is 9. The van der Waals surface area contributed by atoms with Gasteiger partial charge in [-0.3, -0.25) is 24.2 Å². The summed E-state index contributed by atoms with van der Waals surface area (Å²) >= 11 is 7.03. The van der Waals surface area contributed by atoms with Crippen molar-refractivity contribution in [1.82, 2.24) is 9.80 Å². The van der Waals surface area contributed by atoms with E-state index in [1.807, 2.05) is 0 Å². The van der Waals surface area contributed by atoms with Gasteiger partial charge in [0.05, 0.1) is 11.6 Å². The number of aromatic hydroxyl groups is 1. The second kappa shape index (κ2) is 10.1. The summed E-state index contributed by atoms with van der Waals surface area (Å²) in [6.45, 7) is 7.31. The zero-order valence-corrected chi connectivity index (χ0v) is 24.7. The Kier molecular flexibility index (Phi) is 7.29. The molecule has 0 spiro atoms. The van der Waals surface area contributed by atoms with E-state index in [4.69, 9.17) is 17.3 Å². The Morgan fingerprint density at radius 3 is 2.46 bits per heavy atom. The SMILES string of the molecule is CC(C)CN1C(C)CCC1c1cc(O)c2c(c1Cl)C[C@H]1C[C@H]3[C@H](N(C)C)C(O)=C(C(N)=O)C(=O)[C@@]3(O)C(O)=C1C2=O. The van der Waals surface area contributed by atoms with Gasteiger partial charge in [0.15, 0.2) is 11.4 Å². The molecule has 0 saturated carbocycles. The van der Waals surface area contributed by atoms with Crippen LogP contribution in [0.1, 0.15) is 67.6 Å². The number of phenolic OH excluding ortho intramolecular Hbond substituents is 1. The fourth-order valence-corrected chi connectivity index (χ4v) is 8.01. The van der Waals surface area contributed by atoms with Gasteiger partial charge in [-0.05, 0) is 75.7 Å². The van der Waals surface area contributed by atoms with E-state index in [0.29, 0.717) is 22.5 Å². The first-order chi connectivity index (χ1) is 19.1. The topological polar surface area (TPSA) is 165 Å². The van der Waals surface area contributed by atoms with Crippen molar-refractivity contribution in [2.45, 2.75) is 70.2 Å². The largest absolute Gasteiger partial charge is 0.510 e. The van der Waals surface area contributed by atoms with E-state index >= 15 is 0 Å². The van der Waals surface area contributed by atoms with Gasteiger partial charge in [0.25, 0.3) is 5.91 Å². The number of fused-ring (bicyclic) bond motifs is 3. The van der Waals surface area contributed by atoms with E-state index in [2.05, 4.69) is 25.7 Å². The maximum Gasteiger partial charge on any atom is 0.255 e. The molecule has 222 valence electrons. The van der Waals surface area contributed by atoms with Crippen molar-refractivity contribution in [2.75, 3.05) is 20.6 Å². The van der Waals surface area contributed by atoms with Crippen molar-refractivity contribution in [2.24, 2.45) is 23.5 Å². The normalized spacial score (nSPS) is 32.1. The van der Waals surface area contributed by atoms with Crippen LogP contribution in [0.4, 0.5) is 0 Å². The molecule has 0 bridgehead atoms. The number of aliphatic hydroxyl groups excluding tert-OH is 2. The molecule has 0 radical (unpaired) electrons. The van der Waals surface area contributed by atoms with Crippen molar-refractivity contribution in [1.29, 1.82) is 0 Å². The monoisotopic (exact) mass is 587 g/mol. The molecule has 10 nitrogen and oxygen atoms in total. The molecule has 5 rings (SSSR count). The fraction of sp³-hybridized carbons (Fsp3) is 0.567. The number of halogens is 1. The third kappa shape index (κ3) is 4.21. The van der Waals surface area contributed by atoms with Gasteiger partial charge in [-0.25, -0.2) is 0 Å². The van der Waals surface area contributed by atoms with Crippen LogP contribution in [0.2, 0.25) is 5.02 Å². The van der Waals surface area contributed by atoms with Gasteiger partial charge >= 0.3 is 0 Å². The average Bonchev–Trinajstić information content (AvgIpc) is 3.22. The molecule has 11 heteroatoms. The summed E-state index contributed by atoms with van der Waals surface area (Å²) in [6.07, 6.45) is 2.01. The minimum absolute atomic E-state index is 0.0209. The van der Waals surface area contributed by atoms with E-state index in [0.717, 1.165) is 24.9 Å². The third-order valence-electron chi connectivity index (χ3n) is 9.44. The number of nitrogens with zero attached hydrogens (tertiary/aromatic N) is 2. The number of ketones is 2. The van der Waals surface area contributed by atoms with E-state index in [9.17, 15) is 34.8 Å². The number of carbonyl (C=O) groups is 3. The molecule has 1 amide bonds. The number of benzene rings is 1. The molecule has 1 heterocycles. The summed E-state index contributed by atoms with van der Waals surface area (Å²) in [6, 6.07) is 0.780. The van der Waals surface area contributed by atoms with Crippen molar-refractivity contribution in [3.8, 4) is 5.75 Å². The summed E-state index contributed by atoms with van der Waals surface area (Å²) in [5, 5.41) is 45.7. The van der Waals surface area contributed by atoms with Crippen molar-refractivity contribution >= 4 is 29.1 Å². The lowest BCUT2D eigenvalue weighted by Crippen LogP contribution is -2.63. The van der Waals surface area contributed by atoms with Gasteiger partial charge in [-0.15, -0.1) is 0 Å². The second-order valence-corrected chi connectivity index (χ2v) is 13.0. The number of primary amides is 1. The molecule has 1 fully saturated rings. The summed E-state index contributed by atoms with van der Waals surface area (Å²) in [7, 11) is 3.19. The first-order valence-corrected chi connectivity index (χ1v) is 14.4. The Hall–Kier alpha value is -2.92. The summed E-state index contributed by atoms with van der Waals surface area (Å²) in [5.41, 5.74) is 2.83. The number of amides is 1. The second-order valence-electron chi connectivity index (χ2n) is 12.6. The summed E-state index contributed by atoms with van der Waals surface area (Å²) < 4.78 is 0. The fourth-order valence-electron chi connectivity index (χ4n) is 7.66. The zero-order chi connectivity index (χ0) is 30.3. The van der Waals surface area contributed by atoms with Gasteiger partial charge in [0.2, 0.25) is 5.78 Å². The predicted octanol–water partition coefficient (Wildman–Crippen LogP) is 2.96. The Bertz CT molecular complexity index is 1420. The molecule has 3 aliphatic carbocycles. The van der Waals surface area contributed by atoms with Crippen LogP contribution < -0.4 is 5.73 Å². The van der Waals surface area contributed by atoms with Gasteiger partial charge in [0.1, 0.15) is 22.8 Å². The zero-order valence-electron chi connectivity index (χ0n) is 23.9. The number of aliphatic hydroxyl groups is 3. The molecule has 1 saturated heterocycles. The van der Waals surface area contributed by atoms with Gasteiger partial charge < -0.3 is 26.2 Å². The van der Waals surface area contributed by atoms with Crippen LogP contribution in [-0.4, -0.2) is 86.0 Å². The number of hydrogen-bond donors (Lipinski definition) is 5. The Balaban J connectivity index is 1.64. The molecule has 1 aromatic rings. The van der Waals surface area contributed by atoms with Crippen LogP contribution >= 0.6 is 11.6 Å². The van der Waals surface area contributed by atoms with Crippen LogP contribution in [0.5, 0.6) is 5.75 Å². The van der Waals surface area contributed by atoms with E-state index in [1.54, 1.807) is 14.1 Å². The lowest BCUT2D eigenvalue weighted by Gasteiger charge is -2.50. The molecule has 1 aliphatic heterocycles. The summed E-state index contributed by atoms with van der Waals surface area (Å²) in [4.78, 5) is 43.4. The minimum atomic E-state index is -2.67. The number of allylic oxidation sites excluding steroid dienone is 1. The van der Waals surface area contributed by atoms with E-state index in [1.165, 1.54) is 11.0 Å². The first-order valence-electron chi connectivity index (χ1n) is 14.1. The number of phenols is 1.